The lowest BCUT2D eigenvalue weighted by atomic mass is 9.92. The van der Waals surface area contributed by atoms with Crippen LogP contribution in [-0.4, -0.2) is 36.3 Å². The third-order valence-corrected chi connectivity index (χ3v) is 4.48. The van der Waals surface area contributed by atoms with E-state index >= 15 is 0 Å². The second kappa shape index (κ2) is 8.84. The van der Waals surface area contributed by atoms with E-state index in [-0.39, 0.29) is 19.1 Å². The van der Waals surface area contributed by atoms with Crippen molar-refractivity contribution in [1.29, 1.82) is 0 Å². The lowest BCUT2D eigenvalue weighted by Crippen LogP contribution is -2.50. The highest BCUT2D eigenvalue weighted by Crippen LogP contribution is 2.40. The number of hydrogen-bond acceptors (Lipinski definition) is 4. The number of esters is 1. The number of carbonyl (C=O) groups is 2. The van der Waals surface area contributed by atoms with Crippen LogP contribution < -0.4 is 4.90 Å². The van der Waals surface area contributed by atoms with E-state index in [9.17, 15) is 27.9 Å². The van der Waals surface area contributed by atoms with E-state index in [2.05, 4.69) is 4.74 Å². The summed E-state index contributed by atoms with van der Waals surface area (Å²) in [5, 5.41) is 10.6. The van der Waals surface area contributed by atoms with Crippen LogP contribution in [0.2, 0.25) is 5.02 Å². The van der Waals surface area contributed by atoms with Gasteiger partial charge in [-0.05, 0) is 50.2 Å². The van der Waals surface area contributed by atoms with Gasteiger partial charge in [-0.3, -0.25) is 4.79 Å². The molecule has 2 aromatic rings. The first kappa shape index (κ1) is 22.7. The summed E-state index contributed by atoms with van der Waals surface area (Å²) in [6.07, 6.45) is -5.29. The molecular weight excluding hydrogens is 411 g/mol. The lowest BCUT2D eigenvalue weighted by Gasteiger charge is -2.29. The first-order chi connectivity index (χ1) is 13.6. The summed E-state index contributed by atoms with van der Waals surface area (Å²) >= 11 is 5.81. The number of alkyl halides is 3. The van der Waals surface area contributed by atoms with Crippen LogP contribution in [0.1, 0.15) is 29.8 Å². The average molecular weight is 430 g/mol. The monoisotopic (exact) mass is 429 g/mol. The second-order valence-electron chi connectivity index (χ2n) is 6.03. The van der Waals surface area contributed by atoms with Gasteiger partial charge >= 0.3 is 12.1 Å². The Labute approximate surface area is 170 Å². The van der Waals surface area contributed by atoms with Gasteiger partial charge in [-0.1, -0.05) is 23.7 Å². The number of halogens is 4. The van der Waals surface area contributed by atoms with Crippen molar-refractivity contribution < 1.29 is 32.6 Å². The number of hydrogen-bond donors (Lipinski definition) is 1. The summed E-state index contributed by atoms with van der Waals surface area (Å²) in [6.45, 7) is 2.95. The van der Waals surface area contributed by atoms with Crippen molar-refractivity contribution in [2.45, 2.75) is 25.6 Å². The largest absolute Gasteiger partial charge is 0.463 e. The van der Waals surface area contributed by atoms with Crippen LogP contribution in [0.15, 0.2) is 48.5 Å². The number of ether oxygens (including phenoxy) is 1. The van der Waals surface area contributed by atoms with Crippen molar-refractivity contribution in [3.05, 3.63) is 64.7 Å². The van der Waals surface area contributed by atoms with Crippen LogP contribution in [0, 0.1) is 0 Å². The molecule has 0 aliphatic carbocycles. The molecule has 0 aromatic heterocycles. The summed E-state index contributed by atoms with van der Waals surface area (Å²) in [5.74, 6) is -2.20. The molecular formula is C20H19ClF3NO4. The van der Waals surface area contributed by atoms with Gasteiger partial charge < -0.3 is 14.7 Å². The number of rotatable bonds is 6. The van der Waals surface area contributed by atoms with Crippen molar-refractivity contribution in [3.8, 4) is 0 Å². The normalized spacial score (nSPS) is 13.5. The molecule has 2 aromatic carbocycles. The molecule has 0 saturated carbocycles. The maximum absolute atomic E-state index is 13.4. The van der Waals surface area contributed by atoms with Gasteiger partial charge in [0.15, 0.2) is 0 Å². The Balaban J connectivity index is 2.39. The molecule has 1 unspecified atom stereocenters. The first-order valence-electron chi connectivity index (χ1n) is 8.70. The number of carbonyl (C=O) groups excluding carboxylic acids is 2. The Morgan fingerprint density at radius 1 is 1.03 bits per heavy atom. The fourth-order valence-electron chi connectivity index (χ4n) is 2.71. The molecule has 2 rings (SSSR count). The highest BCUT2D eigenvalue weighted by atomic mass is 35.5. The van der Waals surface area contributed by atoms with E-state index in [4.69, 9.17) is 11.6 Å². The van der Waals surface area contributed by atoms with E-state index in [0.717, 1.165) is 12.1 Å². The SMILES string of the molecule is CCOC(=O)C(O)(c1ccc(N(CC)C(=O)c2ccc(Cl)cc2)cc1)C(F)(F)F. The second-order valence-corrected chi connectivity index (χ2v) is 6.47. The molecule has 9 heteroatoms. The Bertz CT molecular complexity index is 869. The molecule has 0 radical (unpaired) electrons. The molecule has 0 heterocycles. The summed E-state index contributed by atoms with van der Waals surface area (Å²) in [7, 11) is 0. The van der Waals surface area contributed by atoms with Gasteiger partial charge in [0.05, 0.1) is 6.61 Å². The molecule has 1 N–H and O–H groups in total. The summed E-state index contributed by atoms with van der Waals surface area (Å²) in [5.41, 5.74) is -3.87. The predicted octanol–water partition coefficient (Wildman–Crippen LogP) is 4.32. The Morgan fingerprint density at radius 3 is 2.03 bits per heavy atom. The fourth-order valence-corrected chi connectivity index (χ4v) is 2.83. The zero-order chi connectivity index (χ0) is 21.8. The van der Waals surface area contributed by atoms with Crippen LogP contribution in [0.5, 0.6) is 0 Å². The zero-order valence-electron chi connectivity index (χ0n) is 15.7. The third kappa shape index (κ3) is 4.54. The average Bonchev–Trinajstić information content (AvgIpc) is 2.68. The molecule has 0 aliphatic heterocycles. The van der Waals surface area contributed by atoms with Crippen LogP contribution in [-0.2, 0) is 15.1 Å². The minimum absolute atomic E-state index is 0.238. The first-order valence-corrected chi connectivity index (χ1v) is 9.08. The number of aliphatic hydroxyl groups is 1. The van der Waals surface area contributed by atoms with Crippen molar-refractivity contribution in [3.63, 3.8) is 0 Å². The maximum Gasteiger partial charge on any atom is 0.432 e. The van der Waals surface area contributed by atoms with Crippen molar-refractivity contribution in [2.24, 2.45) is 0 Å². The number of anilines is 1. The van der Waals surface area contributed by atoms with E-state index in [1.54, 1.807) is 19.1 Å². The van der Waals surface area contributed by atoms with Gasteiger partial charge in [-0.2, -0.15) is 13.2 Å². The van der Waals surface area contributed by atoms with Gasteiger partial charge in [0.2, 0.25) is 0 Å². The third-order valence-electron chi connectivity index (χ3n) is 4.23. The van der Waals surface area contributed by atoms with E-state index in [1.165, 1.54) is 36.1 Å². The minimum atomic E-state index is -5.29. The standard InChI is InChI=1S/C20H19ClF3NO4/c1-3-25(17(26)13-5-9-15(21)10-6-13)16-11-7-14(8-12-16)19(28,20(22,23)24)18(27)29-4-2/h5-12,28H,3-4H2,1-2H3. The van der Waals surface area contributed by atoms with Crippen LogP contribution in [0.25, 0.3) is 0 Å². The van der Waals surface area contributed by atoms with E-state index in [0.29, 0.717) is 16.3 Å². The van der Waals surface area contributed by atoms with Crippen LogP contribution in [0.3, 0.4) is 0 Å². The van der Waals surface area contributed by atoms with Gasteiger partial charge in [-0.15, -0.1) is 0 Å². The molecule has 1 amide bonds. The summed E-state index contributed by atoms with van der Waals surface area (Å²) in [6, 6.07) is 10.5. The molecule has 0 fully saturated rings. The number of nitrogens with zero attached hydrogens (tertiary/aromatic N) is 1. The Kier molecular flexibility index (Phi) is 6.92. The fraction of sp³-hybridized carbons (Fsp3) is 0.300. The van der Waals surface area contributed by atoms with Gasteiger partial charge in [0, 0.05) is 28.4 Å². The van der Waals surface area contributed by atoms with Crippen LogP contribution in [0.4, 0.5) is 18.9 Å². The molecule has 0 spiro atoms. The van der Waals surface area contributed by atoms with E-state index < -0.39 is 23.3 Å². The maximum atomic E-state index is 13.4. The number of amides is 1. The Hall–Kier alpha value is -2.58. The molecule has 0 bridgehead atoms. The highest BCUT2D eigenvalue weighted by Gasteiger charge is 2.62. The van der Waals surface area contributed by atoms with E-state index in [1.807, 2.05) is 0 Å². The topological polar surface area (TPSA) is 66.8 Å². The quantitative estimate of drug-likeness (QED) is 0.694. The smallest absolute Gasteiger partial charge is 0.432 e. The van der Waals surface area contributed by atoms with Crippen molar-refractivity contribution in [1.82, 2.24) is 0 Å². The highest BCUT2D eigenvalue weighted by molar-refractivity contribution is 6.30. The zero-order valence-corrected chi connectivity index (χ0v) is 16.4. The number of benzene rings is 2. The van der Waals surface area contributed by atoms with Crippen LogP contribution >= 0.6 is 11.6 Å². The van der Waals surface area contributed by atoms with Crippen molar-refractivity contribution >= 4 is 29.2 Å². The molecule has 156 valence electrons. The Morgan fingerprint density at radius 2 is 1.59 bits per heavy atom. The van der Waals surface area contributed by atoms with Gasteiger partial charge in [0.25, 0.3) is 11.5 Å². The van der Waals surface area contributed by atoms with Gasteiger partial charge in [-0.25, -0.2) is 4.79 Å². The lowest BCUT2D eigenvalue weighted by molar-refractivity contribution is -0.267. The molecule has 0 aliphatic rings. The molecule has 1 atom stereocenters. The molecule has 29 heavy (non-hydrogen) atoms. The summed E-state index contributed by atoms with van der Waals surface area (Å²) in [4.78, 5) is 25.9. The summed E-state index contributed by atoms with van der Waals surface area (Å²) < 4.78 is 44.7. The van der Waals surface area contributed by atoms with Crippen molar-refractivity contribution in [2.75, 3.05) is 18.1 Å². The van der Waals surface area contributed by atoms with Gasteiger partial charge in [0.1, 0.15) is 0 Å². The minimum Gasteiger partial charge on any atom is -0.463 e. The molecule has 5 nitrogen and oxygen atoms in total. The molecule has 0 saturated heterocycles. The predicted molar refractivity (Wildman–Crippen MR) is 102 cm³/mol.